The van der Waals surface area contributed by atoms with Gasteiger partial charge in [0.05, 0.1) is 38.4 Å². The minimum Gasteiger partial charge on any atom is -0.497 e. The van der Waals surface area contributed by atoms with E-state index >= 15 is 0 Å². The quantitative estimate of drug-likeness (QED) is 0.573. The Morgan fingerprint density at radius 3 is 2.56 bits per heavy atom. The SMILES string of the molecule is COc1ccc2c(c1)OC(C)(C)C[C@@H]2NC(=O)CCc1cc(S(=O)(=O)N2CCOCC2)ccc1OC. The van der Waals surface area contributed by atoms with Crippen LogP contribution in [0.2, 0.25) is 0 Å². The van der Waals surface area contributed by atoms with Crippen molar-refractivity contribution >= 4 is 15.9 Å². The molecule has 10 heteroatoms. The van der Waals surface area contributed by atoms with Crippen LogP contribution in [0.15, 0.2) is 41.3 Å². The monoisotopic (exact) mass is 518 g/mol. The summed E-state index contributed by atoms with van der Waals surface area (Å²) < 4.78 is 49.8. The number of nitrogens with zero attached hydrogens (tertiary/aromatic N) is 1. The van der Waals surface area contributed by atoms with Crippen LogP contribution >= 0.6 is 0 Å². The summed E-state index contributed by atoms with van der Waals surface area (Å²) in [5.74, 6) is 1.80. The minimum absolute atomic E-state index is 0.136. The first-order valence-electron chi connectivity index (χ1n) is 12.0. The maximum Gasteiger partial charge on any atom is 0.243 e. The Balaban J connectivity index is 1.48. The predicted octanol–water partition coefficient (Wildman–Crippen LogP) is 3.08. The van der Waals surface area contributed by atoms with Gasteiger partial charge in [0.15, 0.2) is 0 Å². The fourth-order valence-electron chi connectivity index (χ4n) is 4.65. The molecule has 2 aromatic rings. The minimum atomic E-state index is -3.65. The lowest BCUT2D eigenvalue weighted by Crippen LogP contribution is -2.41. The molecule has 0 aromatic heterocycles. The molecule has 4 rings (SSSR count). The highest BCUT2D eigenvalue weighted by atomic mass is 32.2. The van der Waals surface area contributed by atoms with Crippen LogP contribution in [-0.4, -0.2) is 64.8 Å². The number of carbonyl (C=O) groups is 1. The van der Waals surface area contributed by atoms with E-state index in [-0.39, 0.29) is 23.3 Å². The van der Waals surface area contributed by atoms with E-state index < -0.39 is 15.6 Å². The molecule has 2 aliphatic rings. The Hall–Kier alpha value is -2.82. The third-order valence-corrected chi connectivity index (χ3v) is 8.39. The van der Waals surface area contributed by atoms with Crippen molar-refractivity contribution in [2.24, 2.45) is 0 Å². The van der Waals surface area contributed by atoms with E-state index in [4.69, 9.17) is 18.9 Å². The van der Waals surface area contributed by atoms with Gasteiger partial charge in [0.25, 0.3) is 0 Å². The van der Waals surface area contributed by atoms with Crippen LogP contribution in [0, 0.1) is 0 Å². The van der Waals surface area contributed by atoms with Gasteiger partial charge in [0, 0.05) is 37.6 Å². The lowest BCUT2D eigenvalue weighted by atomic mass is 9.89. The van der Waals surface area contributed by atoms with E-state index in [2.05, 4.69) is 5.32 Å². The van der Waals surface area contributed by atoms with Crippen molar-refractivity contribution in [2.75, 3.05) is 40.5 Å². The Kier molecular flexibility index (Phi) is 7.77. The molecule has 1 amide bonds. The highest BCUT2D eigenvalue weighted by Crippen LogP contribution is 2.41. The molecule has 0 unspecified atom stereocenters. The number of morpholine rings is 1. The van der Waals surface area contributed by atoms with E-state index in [1.165, 1.54) is 11.4 Å². The molecule has 0 saturated carbocycles. The van der Waals surface area contributed by atoms with E-state index in [1.54, 1.807) is 25.3 Å². The summed E-state index contributed by atoms with van der Waals surface area (Å²) in [6.45, 7) is 5.37. The molecule has 2 aromatic carbocycles. The summed E-state index contributed by atoms with van der Waals surface area (Å²) in [6.07, 6.45) is 1.14. The van der Waals surface area contributed by atoms with Crippen LogP contribution in [-0.2, 0) is 26.0 Å². The van der Waals surface area contributed by atoms with Gasteiger partial charge in [0.1, 0.15) is 22.8 Å². The molecule has 36 heavy (non-hydrogen) atoms. The molecule has 0 spiro atoms. The van der Waals surface area contributed by atoms with Crippen molar-refractivity contribution in [1.82, 2.24) is 9.62 Å². The second kappa shape index (κ2) is 10.7. The number of carbonyl (C=O) groups excluding carboxylic acids is 1. The lowest BCUT2D eigenvalue weighted by molar-refractivity contribution is -0.122. The van der Waals surface area contributed by atoms with E-state index in [1.807, 2.05) is 32.0 Å². The molecular formula is C26H34N2O7S. The number of hydrogen-bond donors (Lipinski definition) is 1. The Morgan fingerprint density at radius 2 is 1.86 bits per heavy atom. The molecular weight excluding hydrogens is 484 g/mol. The van der Waals surface area contributed by atoms with Crippen molar-refractivity contribution in [1.29, 1.82) is 0 Å². The molecule has 9 nitrogen and oxygen atoms in total. The molecule has 1 atom stereocenters. The molecule has 196 valence electrons. The molecule has 1 saturated heterocycles. The lowest BCUT2D eigenvalue weighted by Gasteiger charge is -2.38. The first kappa shape index (κ1) is 26.2. The Morgan fingerprint density at radius 1 is 1.11 bits per heavy atom. The number of ether oxygens (including phenoxy) is 4. The van der Waals surface area contributed by atoms with Crippen LogP contribution in [0.25, 0.3) is 0 Å². The number of rotatable bonds is 8. The average Bonchev–Trinajstić information content (AvgIpc) is 2.86. The third kappa shape index (κ3) is 5.77. The van der Waals surface area contributed by atoms with Crippen molar-refractivity contribution < 1.29 is 32.2 Å². The molecule has 1 N–H and O–H groups in total. The second-order valence-corrected chi connectivity index (χ2v) is 11.5. The number of hydrogen-bond acceptors (Lipinski definition) is 7. The fraction of sp³-hybridized carbons (Fsp3) is 0.500. The summed E-state index contributed by atoms with van der Waals surface area (Å²) in [4.78, 5) is 13.2. The topological polar surface area (TPSA) is 103 Å². The summed E-state index contributed by atoms with van der Waals surface area (Å²) in [5, 5.41) is 3.13. The standard InChI is InChI=1S/C26H34N2O7S/c1-26(2)17-22(21-8-6-19(32-3)16-24(21)35-26)27-25(29)10-5-18-15-20(7-9-23(18)33-4)36(30,31)28-11-13-34-14-12-28/h6-9,15-16,22H,5,10-14,17H2,1-4H3,(H,27,29)/t22-/m0/s1. The van der Waals surface area contributed by atoms with E-state index in [9.17, 15) is 13.2 Å². The van der Waals surface area contributed by atoms with Crippen LogP contribution in [0.5, 0.6) is 17.2 Å². The highest BCUT2D eigenvalue weighted by Gasteiger charge is 2.35. The van der Waals surface area contributed by atoms with Gasteiger partial charge in [0.2, 0.25) is 15.9 Å². The van der Waals surface area contributed by atoms with E-state index in [0.717, 1.165) is 5.56 Å². The molecule has 0 bridgehead atoms. The van der Waals surface area contributed by atoms with Gasteiger partial charge in [-0.25, -0.2) is 8.42 Å². The van der Waals surface area contributed by atoms with Gasteiger partial charge in [-0.3, -0.25) is 4.79 Å². The van der Waals surface area contributed by atoms with Gasteiger partial charge in [-0.2, -0.15) is 4.31 Å². The van der Waals surface area contributed by atoms with Crippen molar-refractivity contribution in [3.05, 3.63) is 47.5 Å². The van der Waals surface area contributed by atoms with Crippen molar-refractivity contribution in [3.8, 4) is 17.2 Å². The molecule has 0 aliphatic carbocycles. The first-order chi connectivity index (χ1) is 17.1. The number of nitrogens with one attached hydrogen (secondary N) is 1. The predicted molar refractivity (Wildman–Crippen MR) is 134 cm³/mol. The van der Waals surface area contributed by atoms with Crippen LogP contribution < -0.4 is 19.5 Å². The average molecular weight is 519 g/mol. The second-order valence-electron chi connectivity index (χ2n) is 9.58. The number of aryl methyl sites for hydroxylation is 1. The maximum atomic E-state index is 13.1. The Labute approximate surface area is 212 Å². The summed E-state index contributed by atoms with van der Waals surface area (Å²) in [5.41, 5.74) is 1.11. The van der Waals surface area contributed by atoms with Crippen molar-refractivity contribution in [2.45, 2.75) is 49.6 Å². The number of fused-ring (bicyclic) bond motifs is 1. The molecule has 0 radical (unpaired) electrons. The smallest absolute Gasteiger partial charge is 0.243 e. The number of sulfonamides is 1. The number of benzene rings is 2. The summed E-state index contributed by atoms with van der Waals surface area (Å²) >= 11 is 0. The van der Waals surface area contributed by atoms with Gasteiger partial charge in [-0.15, -0.1) is 0 Å². The van der Waals surface area contributed by atoms with Gasteiger partial charge in [-0.05, 0) is 56.2 Å². The number of methoxy groups -OCH3 is 2. The molecule has 2 aliphatic heterocycles. The van der Waals surface area contributed by atoms with Crippen LogP contribution in [0.3, 0.4) is 0 Å². The molecule has 2 heterocycles. The zero-order valence-electron chi connectivity index (χ0n) is 21.2. The van der Waals surface area contributed by atoms with Crippen molar-refractivity contribution in [3.63, 3.8) is 0 Å². The van der Waals surface area contributed by atoms with Crippen LogP contribution in [0.4, 0.5) is 0 Å². The fourth-order valence-corrected chi connectivity index (χ4v) is 6.11. The van der Waals surface area contributed by atoms with Crippen LogP contribution in [0.1, 0.15) is 43.9 Å². The van der Waals surface area contributed by atoms with E-state index in [0.29, 0.717) is 62.0 Å². The highest BCUT2D eigenvalue weighted by molar-refractivity contribution is 7.89. The largest absolute Gasteiger partial charge is 0.497 e. The third-order valence-electron chi connectivity index (χ3n) is 6.49. The number of amides is 1. The summed E-state index contributed by atoms with van der Waals surface area (Å²) in [6, 6.07) is 10.2. The Bertz CT molecular complexity index is 1210. The normalized spacial score (nSPS) is 19.6. The zero-order valence-corrected chi connectivity index (χ0v) is 22.0. The van der Waals surface area contributed by atoms with Gasteiger partial charge in [-0.1, -0.05) is 0 Å². The first-order valence-corrected chi connectivity index (χ1v) is 13.5. The summed E-state index contributed by atoms with van der Waals surface area (Å²) in [7, 11) is -0.516. The van der Waals surface area contributed by atoms with Gasteiger partial charge < -0.3 is 24.3 Å². The zero-order chi connectivity index (χ0) is 25.9. The molecule has 1 fully saturated rings. The van der Waals surface area contributed by atoms with Gasteiger partial charge >= 0.3 is 0 Å². The maximum absolute atomic E-state index is 13.1.